The molecule has 6 nitrogen and oxygen atoms in total. The molecule has 1 rings (SSSR count). The molecule has 0 saturated carbocycles. The first-order valence-corrected chi connectivity index (χ1v) is 6.46. The van der Waals surface area contributed by atoms with E-state index in [1.165, 1.54) is 6.26 Å². The minimum Gasteiger partial charge on any atom is -0.363 e. The van der Waals surface area contributed by atoms with Crippen LogP contribution in [-0.4, -0.2) is 34.5 Å². The SMILES string of the molecule is CCC(C)N(CC(=O)Nc1ccon1)C(=O)C(C)C. The molecule has 2 amide bonds. The van der Waals surface area contributed by atoms with Gasteiger partial charge in [0.2, 0.25) is 11.8 Å². The van der Waals surface area contributed by atoms with E-state index in [9.17, 15) is 9.59 Å². The maximum absolute atomic E-state index is 12.1. The highest BCUT2D eigenvalue weighted by Gasteiger charge is 2.24. The zero-order valence-corrected chi connectivity index (χ0v) is 11.8. The Labute approximate surface area is 113 Å². The lowest BCUT2D eigenvalue weighted by molar-refractivity contribution is -0.139. The highest BCUT2D eigenvalue weighted by Crippen LogP contribution is 2.10. The molecule has 0 saturated heterocycles. The first-order chi connectivity index (χ1) is 8.95. The molecule has 0 aliphatic heterocycles. The third-order valence-electron chi connectivity index (χ3n) is 2.92. The highest BCUT2D eigenvalue weighted by molar-refractivity contribution is 5.94. The number of rotatable bonds is 6. The Morgan fingerprint density at radius 2 is 2.11 bits per heavy atom. The lowest BCUT2D eigenvalue weighted by Gasteiger charge is -2.29. The van der Waals surface area contributed by atoms with Gasteiger partial charge in [0, 0.05) is 18.0 Å². The van der Waals surface area contributed by atoms with Crippen molar-refractivity contribution in [1.29, 1.82) is 0 Å². The molecule has 0 aliphatic rings. The molecule has 0 radical (unpaired) electrons. The fourth-order valence-electron chi connectivity index (χ4n) is 1.62. The van der Waals surface area contributed by atoms with Crippen LogP contribution in [0.1, 0.15) is 34.1 Å². The number of nitrogens with zero attached hydrogens (tertiary/aromatic N) is 2. The number of anilines is 1. The van der Waals surface area contributed by atoms with Crippen molar-refractivity contribution in [2.45, 2.75) is 40.2 Å². The predicted molar refractivity (Wildman–Crippen MR) is 71.4 cm³/mol. The van der Waals surface area contributed by atoms with Crippen LogP contribution in [-0.2, 0) is 9.59 Å². The Balaban J connectivity index is 2.66. The summed E-state index contributed by atoms with van der Waals surface area (Å²) >= 11 is 0. The molecular weight excluding hydrogens is 246 g/mol. The van der Waals surface area contributed by atoms with Crippen LogP contribution in [0.15, 0.2) is 16.9 Å². The Morgan fingerprint density at radius 3 is 2.58 bits per heavy atom. The number of aromatic nitrogens is 1. The fraction of sp³-hybridized carbons (Fsp3) is 0.615. The number of nitrogens with one attached hydrogen (secondary N) is 1. The lowest BCUT2D eigenvalue weighted by atomic mass is 10.1. The molecule has 1 heterocycles. The topological polar surface area (TPSA) is 75.4 Å². The van der Waals surface area contributed by atoms with Gasteiger partial charge in [0.15, 0.2) is 5.82 Å². The normalized spacial score (nSPS) is 12.3. The van der Waals surface area contributed by atoms with E-state index in [2.05, 4.69) is 15.0 Å². The second kappa shape index (κ2) is 6.92. The first-order valence-electron chi connectivity index (χ1n) is 6.46. The number of hydrogen-bond acceptors (Lipinski definition) is 4. The summed E-state index contributed by atoms with van der Waals surface area (Å²) in [5.41, 5.74) is 0. The van der Waals surface area contributed by atoms with Gasteiger partial charge in [0.25, 0.3) is 0 Å². The highest BCUT2D eigenvalue weighted by atomic mass is 16.5. The molecule has 1 unspecified atom stereocenters. The van der Waals surface area contributed by atoms with Crippen molar-refractivity contribution in [3.63, 3.8) is 0 Å². The summed E-state index contributed by atoms with van der Waals surface area (Å²) in [6, 6.07) is 1.58. The van der Waals surface area contributed by atoms with Gasteiger partial charge in [-0.25, -0.2) is 0 Å². The van der Waals surface area contributed by atoms with Gasteiger partial charge in [0.1, 0.15) is 12.8 Å². The average Bonchev–Trinajstić information content (AvgIpc) is 2.86. The van der Waals surface area contributed by atoms with Crippen molar-refractivity contribution in [3.05, 3.63) is 12.3 Å². The van der Waals surface area contributed by atoms with E-state index in [1.54, 1.807) is 11.0 Å². The van der Waals surface area contributed by atoms with E-state index in [1.807, 2.05) is 27.7 Å². The Bertz CT molecular complexity index is 415. The van der Waals surface area contributed by atoms with Crippen LogP contribution in [0.5, 0.6) is 0 Å². The summed E-state index contributed by atoms with van der Waals surface area (Å²) in [4.78, 5) is 25.6. The van der Waals surface area contributed by atoms with E-state index in [-0.39, 0.29) is 30.3 Å². The van der Waals surface area contributed by atoms with Gasteiger partial charge in [-0.15, -0.1) is 0 Å². The Hall–Kier alpha value is -1.85. The van der Waals surface area contributed by atoms with E-state index in [0.29, 0.717) is 5.82 Å². The third kappa shape index (κ3) is 4.39. The number of carbonyl (C=O) groups is 2. The molecule has 0 fully saturated rings. The van der Waals surface area contributed by atoms with Crippen molar-refractivity contribution >= 4 is 17.6 Å². The van der Waals surface area contributed by atoms with Crippen LogP contribution in [0.2, 0.25) is 0 Å². The van der Waals surface area contributed by atoms with Gasteiger partial charge in [-0.05, 0) is 13.3 Å². The van der Waals surface area contributed by atoms with Crippen LogP contribution in [0, 0.1) is 5.92 Å². The van der Waals surface area contributed by atoms with Crippen molar-refractivity contribution in [3.8, 4) is 0 Å². The minimum absolute atomic E-state index is 0.0235. The first kappa shape index (κ1) is 15.2. The summed E-state index contributed by atoms with van der Waals surface area (Å²) in [6.45, 7) is 7.60. The van der Waals surface area contributed by atoms with Crippen molar-refractivity contribution in [2.24, 2.45) is 5.92 Å². The molecule has 1 N–H and O–H groups in total. The second-order valence-corrected chi connectivity index (χ2v) is 4.81. The van der Waals surface area contributed by atoms with Gasteiger partial charge < -0.3 is 14.7 Å². The molecule has 19 heavy (non-hydrogen) atoms. The third-order valence-corrected chi connectivity index (χ3v) is 2.92. The standard InChI is InChI=1S/C13H21N3O3/c1-5-10(4)16(13(18)9(2)3)8-12(17)14-11-6-7-19-15-11/h6-7,9-10H,5,8H2,1-4H3,(H,14,15,17). The molecule has 1 aromatic heterocycles. The van der Waals surface area contributed by atoms with E-state index in [0.717, 1.165) is 6.42 Å². The molecule has 0 aliphatic carbocycles. The molecule has 6 heteroatoms. The molecule has 1 atom stereocenters. The van der Waals surface area contributed by atoms with Gasteiger partial charge >= 0.3 is 0 Å². The zero-order chi connectivity index (χ0) is 14.4. The average molecular weight is 267 g/mol. The van der Waals surface area contributed by atoms with Crippen LogP contribution in [0.4, 0.5) is 5.82 Å². The van der Waals surface area contributed by atoms with Crippen molar-refractivity contribution in [2.75, 3.05) is 11.9 Å². The molecule has 106 valence electrons. The van der Waals surface area contributed by atoms with E-state index >= 15 is 0 Å². The summed E-state index contributed by atoms with van der Waals surface area (Å²) < 4.78 is 4.63. The maximum atomic E-state index is 12.1. The quantitative estimate of drug-likeness (QED) is 0.854. The van der Waals surface area contributed by atoms with E-state index in [4.69, 9.17) is 0 Å². The van der Waals surface area contributed by atoms with Crippen LogP contribution < -0.4 is 5.32 Å². The zero-order valence-electron chi connectivity index (χ0n) is 11.8. The summed E-state index contributed by atoms with van der Waals surface area (Å²) in [6.07, 6.45) is 2.18. The lowest BCUT2D eigenvalue weighted by Crippen LogP contribution is -2.45. The molecule has 0 bridgehead atoms. The van der Waals surface area contributed by atoms with E-state index < -0.39 is 0 Å². The molecule has 0 spiro atoms. The van der Waals surface area contributed by atoms with Crippen molar-refractivity contribution in [1.82, 2.24) is 10.1 Å². The molecule has 1 aromatic rings. The fourth-order valence-corrected chi connectivity index (χ4v) is 1.62. The van der Waals surface area contributed by atoms with Gasteiger partial charge in [0.05, 0.1) is 0 Å². The van der Waals surface area contributed by atoms with Crippen LogP contribution in [0.25, 0.3) is 0 Å². The van der Waals surface area contributed by atoms with Crippen molar-refractivity contribution < 1.29 is 14.1 Å². The largest absolute Gasteiger partial charge is 0.363 e. The number of amides is 2. The Kier molecular flexibility index (Phi) is 5.54. The number of hydrogen-bond donors (Lipinski definition) is 1. The Morgan fingerprint density at radius 1 is 1.42 bits per heavy atom. The summed E-state index contributed by atoms with van der Waals surface area (Å²) in [7, 11) is 0. The summed E-state index contributed by atoms with van der Waals surface area (Å²) in [5, 5.41) is 6.19. The molecule has 0 aromatic carbocycles. The maximum Gasteiger partial charge on any atom is 0.245 e. The smallest absolute Gasteiger partial charge is 0.245 e. The van der Waals surface area contributed by atoms with Crippen LogP contribution in [0.3, 0.4) is 0 Å². The van der Waals surface area contributed by atoms with Gasteiger partial charge in [-0.1, -0.05) is 25.9 Å². The number of carbonyl (C=O) groups excluding carboxylic acids is 2. The summed E-state index contributed by atoms with van der Waals surface area (Å²) in [5.74, 6) is -0.0761. The monoisotopic (exact) mass is 267 g/mol. The van der Waals surface area contributed by atoms with Gasteiger partial charge in [-0.2, -0.15) is 0 Å². The minimum atomic E-state index is -0.275. The molecular formula is C13H21N3O3. The van der Waals surface area contributed by atoms with Crippen LogP contribution >= 0.6 is 0 Å². The second-order valence-electron chi connectivity index (χ2n) is 4.81. The predicted octanol–water partition coefficient (Wildman–Crippen LogP) is 1.90. The van der Waals surface area contributed by atoms with Gasteiger partial charge in [-0.3, -0.25) is 9.59 Å².